The fourth-order valence-corrected chi connectivity index (χ4v) is 2.02. The zero-order chi connectivity index (χ0) is 13.9. The predicted molar refractivity (Wildman–Crippen MR) is 67.9 cm³/mol. The average Bonchev–Trinajstić information content (AvgIpc) is 2.84. The van der Waals surface area contributed by atoms with Crippen molar-refractivity contribution in [2.75, 3.05) is 0 Å². The summed E-state index contributed by atoms with van der Waals surface area (Å²) in [4.78, 5) is 15.0. The van der Waals surface area contributed by atoms with E-state index in [9.17, 15) is 18.0 Å². The number of thiazole rings is 1. The van der Waals surface area contributed by atoms with Gasteiger partial charge in [0.1, 0.15) is 5.01 Å². The molecular weight excluding hydrogens is 275 g/mol. The molecule has 19 heavy (non-hydrogen) atoms. The molecule has 2 rings (SSSR count). The summed E-state index contributed by atoms with van der Waals surface area (Å²) < 4.78 is 37.1. The van der Waals surface area contributed by atoms with Gasteiger partial charge in [-0.2, -0.15) is 13.2 Å². The first-order valence-corrected chi connectivity index (χ1v) is 6.07. The van der Waals surface area contributed by atoms with Crippen LogP contribution in [0.3, 0.4) is 0 Å². The van der Waals surface area contributed by atoms with Crippen LogP contribution in [0.15, 0.2) is 30.5 Å². The van der Waals surface area contributed by atoms with Crippen LogP contribution < -0.4 is 0 Å². The summed E-state index contributed by atoms with van der Waals surface area (Å²) in [6.45, 7) is 0. The third-order valence-electron chi connectivity index (χ3n) is 2.31. The zero-order valence-corrected chi connectivity index (χ0v) is 10.3. The van der Waals surface area contributed by atoms with Crippen LogP contribution in [0.5, 0.6) is 0 Å². The van der Waals surface area contributed by atoms with Gasteiger partial charge in [0.05, 0.1) is 10.4 Å². The molecule has 0 radical (unpaired) electrons. The van der Waals surface area contributed by atoms with Gasteiger partial charge in [0.25, 0.3) is 0 Å². The molecule has 0 spiro atoms. The molecule has 0 amide bonds. The number of hydrogen-bond acceptors (Lipinski definition) is 3. The van der Waals surface area contributed by atoms with Crippen LogP contribution in [-0.4, -0.2) is 11.3 Å². The van der Waals surface area contributed by atoms with Gasteiger partial charge in [0.15, 0.2) is 6.29 Å². The van der Waals surface area contributed by atoms with Gasteiger partial charge in [-0.1, -0.05) is 18.2 Å². The van der Waals surface area contributed by atoms with Crippen LogP contribution in [0.4, 0.5) is 13.2 Å². The van der Waals surface area contributed by atoms with Crippen LogP contribution in [0.2, 0.25) is 0 Å². The number of rotatable bonds is 3. The van der Waals surface area contributed by atoms with Gasteiger partial charge < -0.3 is 0 Å². The first-order chi connectivity index (χ1) is 8.99. The molecule has 0 aliphatic rings. The second-order valence-electron chi connectivity index (χ2n) is 3.67. The van der Waals surface area contributed by atoms with E-state index >= 15 is 0 Å². The van der Waals surface area contributed by atoms with Crippen molar-refractivity contribution in [3.63, 3.8) is 0 Å². The molecule has 2 nitrogen and oxygen atoms in total. The van der Waals surface area contributed by atoms with Crippen molar-refractivity contribution in [3.05, 3.63) is 51.5 Å². The highest BCUT2D eigenvalue weighted by Crippen LogP contribution is 2.29. The summed E-state index contributed by atoms with van der Waals surface area (Å²) in [7, 11) is 0. The van der Waals surface area contributed by atoms with Gasteiger partial charge in [0, 0.05) is 6.20 Å². The molecule has 2 aromatic rings. The van der Waals surface area contributed by atoms with E-state index in [1.165, 1.54) is 29.7 Å². The molecule has 0 aliphatic heterocycles. The molecule has 0 saturated heterocycles. The number of carbonyl (C=O) groups excluding carboxylic acids is 1. The summed E-state index contributed by atoms with van der Waals surface area (Å²) in [6, 6.07) is 4.82. The molecule has 0 atom stereocenters. The molecule has 1 aromatic heterocycles. The van der Waals surface area contributed by atoms with Gasteiger partial charge in [-0.25, -0.2) is 4.98 Å². The van der Waals surface area contributed by atoms with E-state index in [2.05, 4.69) is 4.98 Å². The van der Waals surface area contributed by atoms with Crippen LogP contribution in [0.1, 0.15) is 25.8 Å². The highest BCUT2D eigenvalue weighted by atomic mass is 32.1. The van der Waals surface area contributed by atoms with E-state index in [0.717, 1.165) is 12.1 Å². The topological polar surface area (TPSA) is 30.0 Å². The number of benzene rings is 1. The summed E-state index contributed by atoms with van der Waals surface area (Å²) in [6.07, 6.45) is 1.13. The lowest BCUT2D eigenvalue weighted by atomic mass is 10.1. The monoisotopic (exact) mass is 283 g/mol. The smallest absolute Gasteiger partial charge is 0.297 e. The van der Waals surface area contributed by atoms with Gasteiger partial charge in [0.2, 0.25) is 0 Å². The number of hydrogen-bond donors (Lipinski definition) is 0. The maximum absolute atomic E-state index is 12.4. The number of carbonyl (C=O) groups is 1. The molecule has 1 aromatic carbocycles. The summed E-state index contributed by atoms with van der Waals surface area (Å²) >= 11 is 1.21. The lowest BCUT2D eigenvalue weighted by molar-refractivity contribution is -0.137. The maximum atomic E-state index is 12.4. The van der Waals surface area contributed by atoms with Crippen LogP contribution in [0.25, 0.3) is 12.2 Å². The molecule has 0 N–H and O–H groups in total. The Hall–Kier alpha value is -1.95. The highest BCUT2D eigenvalue weighted by Gasteiger charge is 2.29. The van der Waals surface area contributed by atoms with Crippen molar-refractivity contribution < 1.29 is 18.0 Å². The first kappa shape index (κ1) is 13.5. The van der Waals surface area contributed by atoms with Gasteiger partial charge >= 0.3 is 6.18 Å². The molecular formula is C13H8F3NOS. The Kier molecular flexibility index (Phi) is 3.80. The van der Waals surface area contributed by atoms with Crippen molar-refractivity contribution in [1.82, 2.24) is 4.98 Å². The Bertz CT molecular complexity index is 599. The molecule has 1 heterocycles. The summed E-state index contributed by atoms with van der Waals surface area (Å²) in [5, 5.41) is 0.627. The number of halogens is 3. The van der Waals surface area contributed by atoms with E-state index in [4.69, 9.17) is 0 Å². The quantitative estimate of drug-likeness (QED) is 0.792. The van der Waals surface area contributed by atoms with Crippen LogP contribution in [-0.2, 0) is 6.18 Å². The average molecular weight is 283 g/mol. The zero-order valence-electron chi connectivity index (χ0n) is 9.52. The van der Waals surface area contributed by atoms with E-state index < -0.39 is 11.7 Å². The number of aldehydes is 1. The second-order valence-corrected chi connectivity index (χ2v) is 4.77. The lowest BCUT2D eigenvalue weighted by Crippen LogP contribution is -2.03. The maximum Gasteiger partial charge on any atom is 0.416 e. The fourth-order valence-electron chi connectivity index (χ4n) is 1.38. The Balaban J connectivity index is 2.13. The SMILES string of the molecule is O=Cc1cnc(/C=C/c2ccc(C(F)(F)F)cc2)s1. The fraction of sp³-hybridized carbons (Fsp3) is 0.0769. The van der Waals surface area contributed by atoms with Crippen molar-refractivity contribution in [2.45, 2.75) is 6.18 Å². The van der Waals surface area contributed by atoms with Crippen LogP contribution >= 0.6 is 11.3 Å². The van der Waals surface area contributed by atoms with Crippen molar-refractivity contribution in [3.8, 4) is 0 Å². The van der Waals surface area contributed by atoms with Crippen molar-refractivity contribution in [1.29, 1.82) is 0 Å². The highest BCUT2D eigenvalue weighted by molar-refractivity contribution is 7.14. The third kappa shape index (κ3) is 3.51. The Labute approximate surface area is 111 Å². The number of alkyl halides is 3. The normalized spacial score (nSPS) is 11.9. The molecule has 0 aliphatic carbocycles. The van der Waals surface area contributed by atoms with Gasteiger partial charge in [-0.3, -0.25) is 4.79 Å². The minimum absolute atomic E-state index is 0.507. The van der Waals surface area contributed by atoms with E-state index in [-0.39, 0.29) is 0 Å². The van der Waals surface area contributed by atoms with E-state index in [1.807, 2.05) is 0 Å². The molecule has 0 saturated carbocycles. The summed E-state index contributed by atoms with van der Waals surface area (Å²) in [5.41, 5.74) is -0.0435. The van der Waals surface area contributed by atoms with Gasteiger partial charge in [-0.15, -0.1) is 11.3 Å². The third-order valence-corrected chi connectivity index (χ3v) is 3.20. The van der Waals surface area contributed by atoms with E-state index in [0.29, 0.717) is 21.7 Å². The largest absolute Gasteiger partial charge is 0.416 e. The molecule has 6 heteroatoms. The minimum Gasteiger partial charge on any atom is -0.297 e. The van der Waals surface area contributed by atoms with Crippen LogP contribution in [0, 0.1) is 0 Å². The Morgan fingerprint density at radius 2 is 1.79 bits per heavy atom. The molecule has 0 unspecified atom stereocenters. The van der Waals surface area contributed by atoms with Crippen molar-refractivity contribution in [2.24, 2.45) is 0 Å². The van der Waals surface area contributed by atoms with Crippen molar-refractivity contribution >= 4 is 29.8 Å². The molecule has 98 valence electrons. The van der Waals surface area contributed by atoms with Gasteiger partial charge in [-0.05, 0) is 23.8 Å². The second kappa shape index (κ2) is 5.36. The van der Waals surface area contributed by atoms with E-state index in [1.54, 1.807) is 12.2 Å². The Morgan fingerprint density at radius 3 is 2.32 bits per heavy atom. The number of aromatic nitrogens is 1. The molecule has 0 fully saturated rings. The minimum atomic E-state index is -4.32. The molecule has 0 bridgehead atoms. The standard InChI is InChI=1S/C13H8F3NOS/c14-13(15,16)10-4-1-9(2-5-10)3-6-12-17-7-11(8-18)19-12/h1-8H/b6-3+. The number of nitrogens with zero attached hydrogens (tertiary/aromatic N) is 1. The predicted octanol–water partition coefficient (Wildman–Crippen LogP) is 4.14. The summed E-state index contributed by atoms with van der Waals surface area (Å²) in [5.74, 6) is 0. The lowest BCUT2D eigenvalue weighted by Gasteiger charge is -2.05. The Morgan fingerprint density at radius 1 is 1.11 bits per heavy atom. The first-order valence-electron chi connectivity index (χ1n) is 5.25.